The normalized spacial score (nSPS) is 11.2. The van der Waals surface area contributed by atoms with E-state index in [9.17, 15) is 0 Å². The van der Waals surface area contributed by atoms with Crippen molar-refractivity contribution >= 4 is 44.8 Å². The SMILES string of the molecule is Clc1ccc(-c2cc(COc3nc(-c4ccccc4)nc4scc(-c5ccccc5)c34)on2)c(Cl)c1. The quantitative estimate of drug-likeness (QED) is 0.216. The van der Waals surface area contributed by atoms with Gasteiger partial charge in [-0.05, 0) is 23.8 Å². The molecule has 5 nitrogen and oxygen atoms in total. The topological polar surface area (TPSA) is 61.0 Å². The van der Waals surface area contributed by atoms with E-state index in [0.717, 1.165) is 32.5 Å². The second-order valence-corrected chi connectivity index (χ2v) is 9.71. The molecule has 36 heavy (non-hydrogen) atoms. The molecular weight excluding hydrogens is 513 g/mol. The van der Waals surface area contributed by atoms with Crippen LogP contribution < -0.4 is 4.74 Å². The summed E-state index contributed by atoms with van der Waals surface area (Å²) in [5, 5.41) is 8.17. The summed E-state index contributed by atoms with van der Waals surface area (Å²) in [7, 11) is 0. The lowest BCUT2D eigenvalue weighted by molar-refractivity contribution is 0.244. The molecular formula is C28H17Cl2N3O2S. The highest BCUT2D eigenvalue weighted by atomic mass is 35.5. The Balaban J connectivity index is 1.38. The van der Waals surface area contributed by atoms with Gasteiger partial charge in [0.25, 0.3) is 0 Å². The van der Waals surface area contributed by atoms with Crippen molar-refractivity contribution in [2.24, 2.45) is 0 Å². The van der Waals surface area contributed by atoms with Crippen molar-refractivity contribution in [2.75, 3.05) is 0 Å². The Morgan fingerprint density at radius 1 is 0.806 bits per heavy atom. The van der Waals surface area contributed by atoms with Crippen LogP contribution in [0, 0.1) is 0 Å². The van der Waals surface area contributed by atoms with Gasteiger partial charge in [-0.3, -0.25) is 0 Å². The summed E-state index contributed by atoms with van der Waals surface area (Å²) < 4.78 is 11.8. The Labute approximate surface area is 220 Å². The molecule has 0 spiro atoms. The number of halogens is 2. The predicted molar refractivity (Wildman–Crippen MR) is 145 cm³/mol. The molecule has 8 heteroatoms. The second-order valence-electron chi connectivity index (χ2n) is 8.01. The highest BCUT2D eigenvalue weighted by Crippen LogP contribution is 2.39. The predicted octanol–water partition coefficient (Wildman–Crippen LogP) is 8.57. The van der Waals surface area contributed by atoms with Gasteiger partial charge in [0.1, 0.15) is 10.5 Å². The van der Waals surface area contributed by atoms with Crippen LogP contribution in [0.4, 0.5) is 0 Å². The highest BCUT2D eigenvalue weighted by molar-refractivity contribution is 7.17. The number of fused-ring (bicyclic) bond motifs is 1. The molecule has 3 aromatic carbocycles. The molecule has 0 aliphatic rings. The van der Waals surface area contributed by atoms with Crippen LogP contribution in [0.1, 0.15) is 5.76 Å². The van der Waals surface area contributed by atoms with Crippen molar-refractivity contribution in [3.8, 4) is 39.7 Å². The van der Waals surface area contributed by atoms with Gasteiger partial charge < -0.3 is 9.26 Å². The Morgan fingerprint density at radius 2 is 1.56 bits per heavy atom. The summed E-state index contributed by atoms with van der Waals surface area (Å²) in [5.41, 5.74) is 4.35. The molecule has 176 valence electrons. The summed E-state index contributed by atoms with van der Waals surface area (Å²) in [6.45, 7) is 0.141. The van der Waals surface area contributed by atoms with Gasteiger partial charge in [-0.1, -0.05) is 89.0 Å². The van der Waals surface area contributed by atoms with Crippen molar-refractivity contribution in [1.82, 2.24) is 15.1 Å². The smallest absolute Gasteiger partial charge is 0.227 e. The van der Waals surface area contributed by atoms with Gasteiger partial charge in [0, 0.05) is 33.2 Å². The lowest BCUT2D eigenvalue weighted by Gasteiger charge is -2.09. The zero-order chi connectivity index (χ0) is 24.5. The van der Waals surface area contributed by atoms with Gasteiger partial charge >= 0.3 is 0 Å². The van der Waals surface area contributed by atoms with E-state index in [0.29, 0.717) is 33.2 Å². The average Bonchev–Trinajstić information content (AvgIpc) is 3.56. The second kappa shape index (κ2) is 9.74. The number of hydrogen-bond acceptors (Lipinski definition) is 6. The van der Waals surface area contributed by atoms with Crippen LogP contribution in [-0.2, 0) is 6.61 Å². The van der Waals surface area contributed by atoms with E-state index in [1.807, 2.05) is 54.6 Å². The summed E-state index contributed by atoms with van der Waals surface area (Å²) in [5.74, 6) is 1.63. The van der Waals surface area contributed by atoms with E-state index in [2.05, 4.69) is 22.7 Å². The van der Waals surface area contributed by atoms with Gasteiger partial charge in [-0.15, -0.1) is 11.3 Å². The molecule has 0 aliphatic heterocycles. The number of rotatable bonds is 6. The maximum atomic E-state index is 6.34. The maximum Gasteiger partial charge on any atom is 0.227 e. The van der Waals surface area contributed by atoms with E-state index in [1.165, 1.54) is 0 Å². The molecule has 6 aromatic rings. The fraction of sp³-hybridized carbons (Fsp3) is 0.0357. The molecule has 0 fully saturated rings. The Morgan fingerprint density at radius 3 is 2.31 bits per heavy atom. The first-order valence-electron chi connectivity index (χ1n) is 11.1. The minimum atomic E-state index is 0.141. The van der Waals surface area contributed by atoms with E-state index >= 15 is 0 Å². The summed E-state index contributed by atoms with van der Waals surface area (Å²) in [4.78, 5) is 10.5. The Hall–Kier alpha value is -3.71. The molecule has 0 bridgehead atoms. The van der Waals surface area contributed by atoms with Crippen molar-refractivity contribution in [3.05, 3.63) is 106 Å². The molecule has 3 heterocycles. The molecule has 0 amide bonds. The molecule has 0 saturated carbocycles. The number of benzene rings is 3. The first-order valence-corrected chi connectivity index (χ1v) is 12.7. The molecule has 0 radical (unpaired) electrons. The molecule has 0 aliphatic carbocycles. The van der Waals surface area contributed by atoms with Crippen molar-refractivity contribution in [3.63, 3.8) is 0 Å². The molecule has 0 unspecified atom stereocenters. The lowest BCUT2D eigenvalue weighted by Crippen LogP contribution is -2.00. The van der Waals surface area contributed by atoms with E-state index in [1.54, 1.807) is 29.5 Å². The number of hydrogen-bond donors (Lipinski definition) is 0. The highest BCUT2D eigenvalue weighted by Gasteiger charge is 2.18. The van der Waals surface area contributed by atoms with E-state index in [-0.39, 0.29) is 6.61 Å². The molecule has 0 saturated heterocycles. The zero-order valence-corrected chi connectivity index (χ0v) is 21.0. The minimum absolute atomic E-state index is 0.141. The largest absolute Gasteiger partial charge is 0.469 e. The number of thiophene rings is 1. The molecule has 3 aromatic heterocycles. The maximum absolute atomic E-state index is 6.34. The third-order valence-electron chi connectivity index (χ3n) is 5.63. The third-order valence-corrected chi connectivity index (χ3v) is 7.05. The van der Waals surface area contributed by atoms with Crippen LogP contribution in [0.2, 0.25) is 10.0 Å². The number of ether oxygens (including phenoxy) is 1. The van der Waals surface area contributed by atoms with E-state index < -0.39 is 0 Å². The molecule has 0 atom stereocenters. The van der Waals surface area contributed by atoms with Gasteiger partial charge in [-0.25, -0.2) is 4.98 Å². The minimum Gasteiger partial charge on any atom is -0.469 e. The van der Waals surface area contributed by atoms with Gasteiger partial charge in [0.2, 0.25) is 5.88 Å². The van der Waals surface area contributed by atoms with Gasteiger partial charge in [0.15, 0.2) is 18.2 Å². The summed E-state index contributed by atoms with van der Waals surface area (Å²) in [6.07, 6.45) is 0. The molecule has 0 N–H and O–H groups in total. The lowest BCUT2D eigenvalue weighted by atomic mass is 10.1. The standard InChI is InChI=1S/C28H17Cl2N3O2S/c29-19-11-12-21(23(30)13-19)24-14-20(35-33-24)15-34-27-25-22(17-7-3-1-4-8-17)16-36-28(25)32-26(31-27)18-9-5-2-6-10-18/h1-14,16H,15H2. The van der Waals surface area contributed by atoms with Crippen LogP contribution in [0.5, 0.6) is 5.88 Å². The first kappa shape index (κ1) is 22.7. The third kappa shape index (κ3) is 4.46. The summed E-state index contributed by atoms with van der Waals surface area (Å²) >= 11 is 13.9. The van der Waals surface area contributed by atoms with Crippen molar-refractivity contribution in [2.45, 2.75) is 6.61 Å². The fourth-order valence-electron chi connectivity index (χ4n) is 3.91. The van der Waals surface area contributed by atoms with Crippen LogP contribution in [0.25, 0.3) is 44.0 Å². The van der Waals surface area contributed by atoms with Crippen molar-refractivity contribution < 1.29 is 9.26 Å². The van der Waals surface area contributed by atoms with Gasteiger partial charge in [0.05, 0.1) is 10.4 Å². The monoisotopic (exact) mass is 529 g/mol. The fourth-order valence-corrected chi connectivity index (χ4v) is 5.35. The number of aromatic nitrogens is 3. The van der Waals surface area contributed by atoms with Crippen LogP contribution >= 0.6 is 34.5 Å². The number of nitrogens with zero attached hydrogens (tertiary/aromatic N) is 3. The average molecular weight is 530 g/mol. The van der Waals surface area contributed by atoms with E-state index in [4.69, 9.17) is 42.4 Å². The summed E-state index contributed by atoms with van der Waals surface area (Å²) in [6, 6.07) is 27.0. The van der Waals surface area contributed by atoms with Crippen LogP contribution in [0.15, 0.2) is 94.8 Å². The van der Waals surface area contributed by atoms with Crippen LogP contribution in [-0.4, -0.2) is 15.1 Å². The Kier molecular flexibility index (Phi) is 6.15. The van der Waals surface area contributed by atoms with Gasteiger partial charge in [-0.2, -0.15) is 4.98 Å². The molecule has 6 rings (SSSR count). The zero-order valence-electron chi connectivity index (χ0n) is 18.7. The Bertz CT molecular complexity index is 1670. The van der Waals surface area contributed by atoms with Crippen molar-refractivity contribution in [1.29, 1.82) is 0 Å². The van der Waals surface area contributed by atoms with Crippen LogP contribution in [0.3, 0.4) is 0 Å². The first-order chi connectivity index (χ1) is 17.7.